The maximum atomic E-state index is 13.2. The fourth-order valence-corrected chi connectivity index (χ4v) is 5.55. The lowest BCUT2D eigenvalue weighted by atomic mass is 9.80. The molecule has 1 aliphatic carbocycles. The van der Waals surface area contributed by atoms with Crippen LogP contribution in [0.2, 0.25) is 5.15 Å². The van der Waals surface area contributed by atoms with Gasteiger partial charge in [0, 0.05) is 30.7 Å². The van der Waals surface area contributed by atoms with Crippen molar-refractivity contribution >= 4 is 51.7 Å². The van der Waals surface area contributed by atoms with Crippen molar-refractivity contribution < 1.29 is 14.7 Å². The molecule has 1 aliphatic heterocycles. The molecule has 38 heavy (non-hydrogen) atoms. The Labute approximate surface area is 227 Å². The van der Waals surface area contributed by atoms with E-state index in [2.05, 4.69) is 25.2 Å². The normalized spacial score (nSPS) is 18.2. The molecule has 1 atom stereocenters. The van der Waals surface area contributed by atoms with E-state index in [1.54, 1.807) is 29.4 Å². The number of amides is 1. The van der Waals surface area contributed by atoms with E-state index in [0.29, 0.717) is 39.7 Å². The summed E-state index contributed by atoms with van der Waals surface area (Å²) in [7, 11) is 0. The molecule has 200 valence electrons. The van der Waals surface area contributed by atoms with Crippen LogP contribution in [0.5, 0.6) is 0 Å². The minimum atomic E-state index is -0.901. The number of rotatable bonds is 6. The van der Waals surface area contributed by atoms with Crippen molar-refractivity contribution in [1.29, 1.82) is 0 Å². The van der Waals surface area contributed by atoms with Gasteiger partial charge in [-0.3, -0.25) is 14.7 Å². The van der Waals surface area contributed by atoms with Crippen molar-refractivity contribution in [1.82, 2.24) is 19.9 Å². The van der Waals surface area contributed by atoms with Crippen LogP contribution in [0, 0.1) is 5.92 Å². The van der Waals surface area contributed by atoms with E-state index in [4.69, 9.17) is 11.6 Å². The fourth-order valence-electron chi connectivity index (χ4n) is 5.40. The minimum Gasteiger partial charge on any atom is -0.465 e. The summed E-state index contributed by atoms with van der Waals surface area (Å²) < 4.78 is 0. The van der Waals surface area contributed by atoms with Gasteiger partial charge < -0.3 is 15.3 Å². The predicted octanol–water partition coefficient (Wildman–Crippen LogP) is 6.15. The summed E-state index contributed by atoms with van der Waals surface area (Å²) >= 11 is 6.21. The standard InChI is InChI=1S/C28H33ClN6O3/c1-28(2,3)35(27(37)38)19-8-5-13-34(16-19)23-12-9-18(14-31-23)32-24-20(26(36)17-6-4-7-17)15-30-21-10-11-22(29)33-25(21)24/h9-12,14-15,17,19H,4-8,13,16H2,1-3H3,(H,30,32)(H,37,38). The van der Waals surface area contributed by atoms with E-state index in [0.717, 1.165) is 44.5 Å². The maximum absolute atomic E-state index is 13.2. The van der Waals surface area contributed by atoms with Crippen molar-refractivity contribution in [2.45, 2.75) is 64.5 Å². The van der Waals surface area contributed by atoms with Crippen LogP contribution in [0.4, 0.5) is 22.0 Å². The maximum Gasteiger partial charge on any atom is 0.408 e. The van der Waals surface area contributed by atoms with Crippen LogP contribution in [0.15, 0.2) is 36.7 Å². The summed E-state index contributed by atoms with van der Waals surface area (Å²) in [6.45, 7) is 7.17. The number of pyridine rings is 3. The molecule has 1 saturated heterocycles. The number of carbonyl (C=O) groups excluding carboxylic acids is 1. The SMILES string of the molecule is CC(C)(C)N(C(=O)O)C1CCCN(c2ccc(Nc3c(C(=O)C4CCC4)cnc4ccc(Cl)nc34)cn2)C1. The number of hydrogen-bond acceptors (Lipinski definition) is 7. The van der Waals surface area contributed by atoms with E-state index < -0.39 is 11.6 Å². The molecule has 1 unspecified atom stereocenters. The van der Waals surface area contributed by atoms with Crippen molar-refractivity contribution in [2.75, 3.05) is 23.3 Å². The molecule has 2 fully saturated rings. The van der Waals surface area contributed by atoms with Crippen LogP contribution in [0.3, 0.4) is 0 Å². The Morgan fingerprint density at radius 2 is 1.87 bits per heavy atom. The Balaban J connectivity index is 1.40. The molecular weight excluding hydrogens is 504 g/mol. The van der Waals surface area contributed by atoms with Gasteiger partial charge in [-0.2, -0.15) is 0 Å². The van der Waals surface area contributed by atoms with Gasteiger partial charge in [-0.15, -0.1) is 0 Å². The summed E-state index contributed by atoms with van der Waals surface area (Å²) in [4.78, 5) is 42.5. The first kappa shape index (κ1) is 26.2. The molecule has 9 nitrogen and oxygen atoms in total. The van der Waals surface area contributed by atoms with Gasteiger partial charge in [-0.1, -0.05) is 18.0 Å². The molecule has 0 radical (unpaired) electrons. The lowest BCUT2D eigenvalue weighted by Crippen LogP contribution is -2.57. The second kappa shape index (κ2) is 10.4. The van der Waals surface area contributed by atoms with Crippen molar-refractivity contribution in [2.24, 2.45) is 5.92 Å². The second-order valence-corrected chi connectivity index (χ2v) is 11.5. The number of anilines is 3. The Morgan fingerprint density at radius 1 is 1.08 bits per heavy atom. The van der Waals surface area contributed by atoms with E-state index in [-0.39, 0.29) is 17.7 Å². The van der Waals surface area contributed by atoms with Crippen LogP contribution in [0.1, 0.15) is 63.2 Å². The third kappa shape index (κ3) is 5.25. The van der Waals surface area contributed by atoms with E-state index in [1.165, 1.54) is 0 Å². The lowest BCUT2D eigenvalue weighted by molar-refractivity contribution is 0.0647. The van der Waals surface area contributed by atoms with Crippen molar-refractivity contribution in [3.05, 3.63) is 47.4 Å². The number of aromatic nitrogens is 3. The van der Waals surface area contributed by atoms with Gasteiger partial charge in [-0.05, 0) is 70.7 Å². The highest BCUT2D eigenvalue weighted by atomic mass is 35.5. The molecule has 4 heterocycles. The Kier molecular flexibility index (Phi) is 7.13. The van der Waals surface area contributed by atoms with Crippen LogP contribution >= 0.6 is 11.6 Å². The van der Waals surface area contributed by atoms with Crippen molar-refractivity contribution in [3.8, 4) is 0 Å². The molecule has 10 heteroatoms. The third-order valence-corrected chi connectivity index (χ3v) is 7.66. The molecule has 1 saturated carbocycles. The molecular formula is C28H33ClN6O3. The molecule has 0 bridgehead atoms. The fraction of sp³-hybridized carbons (Fsp3) is 0.464. The zero-order chi connectivity index (χ0) is 27.0. The largest absolute Gasteiger partial charge is 0.465 e. The highest BCUT2D eigenvalue weighted by molar-refractivity contribution is 6.30. The second-order valence-electron chi connectivity index (χ2n) is 11.1. The zero-order valence-electron chi connectivity index (χ0n) is 21.9. The first-order chi connectivity index (χ1) is 18.1. The highest BCUT2D eigenvalue weighted by Gasteiger charge is 2.36. The number of halogens is 1. The summed E-state index contributed by atoms with van der Waals surface area (Å²) in [5, 5.41) is 13.5. The molecule has 0 aromatic carbocycles. The number of hydrogen-bond donors (Lipinski definition) is 2. The first-order valence-corrected chi connectivity index (χ1v) is 13.5. The zero-order valence-corrected chi connectivity index (χ0v) is 22.7. The topological polar surface area (TPSA) is 112 Å². The highest BCUT2D eigenvalue weighted by Crippen LogP contribution is 2.36. The van der Waals surface area contributed by atoms with Gasteiger partial charge in [0.2, 0.25) is 0 Å². The van der Waals surface area contributed by atoms with Gasteiger partial charge >= 0.3 is 6.09 Å². The summed E-state index contributed by atoms with van der Waals surface area (Å²) in [5.74, 6) is 0.867. The van der Waals surface area contributed by atoms with Crippen LogP contribution in [-0.4, -0.2) is 61.5 Å². The van der Waals surface area contributed by atoms with Gasteiger partial charge in [0.15, 0.2) is 5.78 Å². The molecule has 5 rings (SSSR count). The van der Waals surface area contributed by atoms with Crippen LogP contribution < -0.4 is 10.2 Å². The van der Waals surface area contributed by atoms with Gasteiger partial charge in [0.05, 0.1) is 34.7 Å². The van der Waals surface area contributed by atoms with Gasteiger partial charge in [0.1, 0.15) is 16.5 Å². The van der Waals surface area contributed by atoms with E-state index >= 15 is 0 Å². The Morgan fingerprint density at radius 3 is 2.50 bits per heavy atom. The number of Topliss-reactive ketones (excluding diaryl/α,β-unsaturated/α-hetero) is 1. The van der Waals surface area contributed by atoms with Gasteiger partial charge in [-0.25, -0.2) is 14.8 Å². The summed E-state index contributed by atoms with van der Waals surface area (Å²) in [6, 6.07) is 7.20. The average Bonchev–Trinajstić information content (AvgIpc) is 2.83. The molecule has 3 aromatic rings. The Bertz CT molecular complexity index is 1350. The first-order valence-electron chi connectivity index (χ1n) is 13.1. The smallest absolute Gasteiger partial charge is 0.408 e. The molecule has 0 spiro atoms. The number of ketones is 1. The monoisotopic (exact) mass is 536 g/mol. The number of carboxylic acid groups (broad SMARTS) is 1. The molecule has 2 aliphatic rings. The predicted molar refractivity (Wildman–Crippen MR) is 149 cm³/mol. The molecule has 3 aromatic heterocycles. The third-order valence-electron chi connectivity index (χ3n) is 7.45. The Hall–Kier alpha value is -3.46. The quantitative estimate of drug-likeness (QED) is 0.285. The van der Waals surface area contributed by atoms with Gasteiger partial charge in [0.25, 0.3) is 0 Å². The van der Waals surface area contributed by atoms with Crippen LogP contribution in [-0.2, 0) is 0 Å². The minimum absolute atomic E-state index is 0.0139. The number of piperidine rings is 1. The number of fused-ring (bicyclic) bond motifs is 1. The van der Waals surface area contributed by atoms with Crippen LogP contribution in [0.25, 0.3) is 11.0 Å². The summed E-state index contributed by atoms with van der Waals surface area (Å²) in [5.41, 5.74) is 2.51. The lowest BCUT2D eigenvalue weighted by Gasteiger charge is -2.44. The molecule has 1 amide bonds. The summed E-state index contributed by atoms with van der Waals surface area (Å²) in [6.07, 6.45) is 7.00. The number of nitrogens with zero attached hydrogens (tertiary/aromatic N) is 5. The average molecular weight is 537 g/mol. The van der Waals surface area contributed by atoms with E-state index in [1.807, 2.05) is 32.9 Å². The van der Waals surface area contributed by atoms with E-state index in [9.17, 15) is 14.7 Å². The molecule has 2 N–H and O–H groups in total. The number of nitrogens with one attached hydrogen (secondary N) is 1. The number of carbonyl (C=O) groups is 2. The van der Waals surface area contributed by atoms with Crippen molar-refractivity contribution in [3.63, 3.8) is 0 Å².